The van der Waals surface area contributed by atoms with Crippen molar-refractivity contribution in [3.05, 3.63) is 53.6 Å². The van der Waals surface area contributed by atoms with E-state index in [1.807, 2.05) is 18.2 Å². The molecular formula is C20H22N4O4S. The molecule has 8 nitrogen and oxygen atoms in total. The van der Waals surface area contributed by atoms with Crippen LogP contribution in [0.2, 0.25) is 0 Å². The maximum absolute atomic E-state index is 12.6. The molecule has 1 aromatic heterocycles. The highest BCUT2D eigenvalue weighted by molar-refractivity contribution is 7.19. The monoisotopic (exact) mass is 414 g/mol. The van der Waals surface area contributed by atoms with Crippen LogP contribution in [0.15, 0.2) is 42.5 Å². The fourth-order valence-electron chi connectivity index (χ4n) is 2.69. The third kappa shape index (κ3) is 5.14. The summed E-state index contributed by atoms with van der Waals surface area (Å²) in [6, 6.07) is 13.3. The first-order valence-electron chi connectivity index (χ1n) is 8.87. The zero-order valence-corrected chi connectivity index (χ0v) is 17.2. The van der Waals surface area contributed by atoms with E-state index >= 15 is 0 Å². The average molecular weight is 414 g/mol. The number of hydrogen-bond acceptors (Lipinski definition) is 8. The van der Waals surface area contributed by atoms with Crippen LogP contribution in [0.4, 0.5) is 10.3 Å². The third-order valence-corrected chi connectivity index (χ3v) is 4.90. The largest absolute Gasteiger partial charge is 0.493 e. The molecule has 1 heterocycles. The highest BCUT2D eigenvalue weighted by Crippen LogP contribution is 2.38. The fraction of sp³-hybridized carbons (Fsp3) is 0.250. The van der Waals surface area contributed by atoms with Gasteiger partial charge in [-0.15, -0.1) is 10.2 Å². The van der Waals surface area contributed by atoms with Crippen LogP contribution in [-0.4, -0.2) is 44.0 Å². The van der Waals surface area contributed by atoms with Crippen molar-refractivity contribution in [2.24, 2.45) is 0 Å². The van der Waals surface area contributed by atoms with E-state index in [9.17, 15) is 4.79 Å². The molecule has 3 rings (SSSR count). The Bertz CT molecular complexity index is 937. The number of carbonyl (C=O) groups is 1. The molecule has 0 bridgehead atoms. The fourth-order valence-corrected chi connectivity index (χ4v) is 3.35. The van der Waals surface area contributed by atoms with Gasteiger partial charge in [0.05, 0.1) is 21.3 Å². The summed E-state index contributed by atoms with van der Waals surface area (Å²) in [4.78, 5) is 12.6. The second-order valence-electron chi connectivity index (χ2n) is 5.94. The maximum Gasteiger partial charge on any atom is 0.257 e. The zero-order valence-electron chi connectivity index (χ0n) is 16.4. The number of amides is 1. The van der Waals surface area contributed by atoms with Crippen LogP contribution in [0, 0.1) is 0 Å². The number of anilines is 2. The van der Waals surface area contributed by atoms with E-state index in [-0.39, 0.29) is 5.91 Å². The molecule has 0 atom stereocenters. The van der Waals surface area contributed by atoms with Gasteiger partial charge in [-0.25, -0.2) is 0 Å². The number of carbonyl (C=O) groups excluding carboxylic acids is 1. The molecule has 9 heteroatoms. The van der Waals surface area contributed by atoms with Crippen molar-refractivity contribution in [2.45, 2.75) is 6.42 Å². The Hall–Kier alpha value is -3.33. The molecule has 29 heavy (non-hydrogen) atoms. The van der Waals surface area contributed by atoms with Crippen LogP contribution >= 0.6 is 11.3 Å². The van der Waals surface area contributed by atoms with E-state index in [0.717, 1.165) is 13.0 Å². The number of rotatable bonds is 9. The van der Waals surface area contributed by atoms with Crippen molar-refractivity contribution < 1.29 is 19.0 Å². The van der Waals surface area contributed by atoms with Gasteiger partial charge in [-0.05, 0) is 24.1 Å². The molecule has 1 amide bonds. The number of ether oxygens (including phenoxy) is 3. The first-order valence-corrected chi connectivity index (χ1v) is 9.69. The summed E-state index contributed by atoms with van der Waals surface area (Å²) in [6.07, 6.45) is 0.869. The topological polar surface area (TPSA) is 94.6 Å². The smallest absolute Gasteiger partial charge is 0.257 e. The van der Waals surface area contributed by atoms with Crippen molar-refractivity contribution in [2.75, 3.05) is 38.5 Å². The lowest BCUT2D eigenvalue weighted by Crippen LogP contribution is -2.12. The van der Waals surface area contributed by atoms with Gasteiger partial charge in [-0.1, -0.05) is 41.7 Å². The van der Waals surface area contributed by atoms with Gasteiger partial charge < -0.3 is 19.5 Å². The lowest BCUT2D eigenvalue weighted by Gasteiger charge is -2.13. The SMILES string of the molecule is COc1cc(C(=O)Nc2nnc(NCCc3ccccc3)s2)cc(OC)c1OC. The minimum Gasteiger partial charge on any atom is -0.493 e. The Kier molecular flexibility index (Phi) is 6.85. The van der Waals surface area contributed by atoms with Gasteiger partial charge in [-0.3, -0.25) is 10.1 Å². The lowest BCUT2D eigenvalue weighted by atomic mass is 10.1. The molecule has 0 saturated carbocycles. The second-order valence-corrected chi connectivity index (χ2v) is 6.92. The number of benzene rings is 2. The molecule has 0 fully saturated rings. The molecule has 152 valence electrons. The lowest BCUT2D eigenvalue weighted by molar-refractivity contribution is 0.102. The zero-order chi connectivity index (χ0) is 20.6. The van der Waals surface area contributed by atoms with Gasteiger partial charge in [-0.2, -0.15) is 0 Å². The molecule has 0 saturated heterocycles. The summed E-state index contributed by atoms with van der Waals surface area (Å²) in [5.41, 5.74) is 1.59. The Morgan fingerprint density at radius 3 is 2.24 bits per heavy atom. The van der Waals surface area contributed by atoms with Gasteiger partial charge in [0, 0.05) is 12.1 Å². The highest BCUT2D eigenvalue weighted by atomic mass is 32.1. The van der Waals surface area contributed by atoms with E-state index in [1.165, 1.54) is 38.2 Å². The Morgan fingerprint density at radius 1 is 0.966 bits per heavy atom. The van der Waals surface area contributed by atoms with Gasteiger partial charge >= 0.3 is 0 Å². The minimum absolute atomic E-state index is 0.351. The van der Waals surface area contributed by atoms with Crippen LogP contribution in [0.25, 0.3) is 0 Å². The second kappa shape index (κ2) is 9.74. The van der Waals surface area contributed by atoms with Gasteiger partial charge in [0.2, 0.25) is 16.0 Å². The summed E-state index contributed by atoms with van der Waals surface area (Å²) in [5.74, 6) is 0.874. The van der Waals surface area contributed by atoms with Crippen LogP contribution in [0.3, 0.4) is 0 Å². The normalized spacial score (nSPS) is 10.3. The van der Waals surface area contributed by atoms with E-state index in [0.29, 0.717) is 33.1 Å². The summed E-state index contributed by atoms with van der Waals surface area (Å²) < 4.78 is 15.8. The summed E-state index contributed by atoms with van der Waals surface area (Å²) >= 11 is 1.27. The number of aromatic nitrogens is 2. The van der Waals surface area contributed by atoms with Crippen molar-refractivity contribution in [3.8, 4) is 17.2 Å². The third-order valence-electron chi connectivity index (χ3n) is 4.11. The van der Waals surface area contributed by atoms with E-state index in [2.05, 4.69) is 33.0 Å². The molecule has 0 radical (unpaired) electrons. The number of nitrogens with one attached hydrogen (secondary N) is 2. The van der Waals surface area contributed by atoms with Crippen LogP contribution < -0.4 is 24.8 Å². The van der Waals surface area contributed by atoms with Crippen LogP contribution in [-0.2, 0) is 6.42 Å². The average Bonchev–Trinajstić information content (AvgIpc) is 3.20. The predicted octanol–water partition coefficient (Wildman–Crippen LogP) is 3.47. The van der Waals surface area contributed by atoms with Gasteiger partial charge in [0.1, 0.15) is 0 Å². The van der Waals surface area contributed by atoms with Crippen LogP contribution in [0.5, 0.6) is 17.2 Å². The molecule has 0 unspecified atom stereocenters. The maximum atomic E-state index is 12.6. The van der Waals surface area contributed by atoms with E-state index in [1.54, 1.807) is 12.1 Å². The van der Waals surface area contributed by atoms with Crippen molar-refractivity contribution in [1.29, 1.82) is 0 Å². The van der Waals surface area contributed by atoms with Gasteiger partial charge in [0.25, 0.3) is 5.91 Å². The molecule has 0 spiro atoms. The first kappa shape index (κ1) is 20.4. The minimum atomic E-state index is -0.351. The quantitative estimate of drug-likeness (QED) is 0.554. The molecular weight excluding hydrogens is 392 g/mol. The van der Waals surface area contributed by atoms with Crippen molar-refractivity contribution in [1.82, 2.24) is 10.2 Å². The van der Waals surface area contributed by atoms with E-state index in [4.69, 9.17) is 14.2 Å². The Morgan fingerprint density at radius 2 is 1.62 bits per heavy atom. The Labute approximate surface area is 172 Å². The standard InChI is InChI=1S/C20H22N4O4S/c1-26-15-11-14(12-16(27-2)17(15)28-3)18(25)22-20-24-23-19(29-20)21-10-9-13-7-5-4-6-8-13/h4-8,11-12H,9-10H2,1-3H3,(H,21,23)(H,22,24,25). The molecule has 2 N–H and O–H groups in total. The first-order chi connectivity index (χ1) is 14.1. The summed E-state index contributed by atoms with van der Waals surface area (Å²) in [5, 5.41) is 15.1. The predicted molar refractivity (Wildman–Crippen MR) is 113 cm³/mol. The number of hydrogen-bond donors (Lipinski definition) is 2. The molecule has 0 aliphatic rings. The summed E-state index contributed by atoms with van der Waals surface area (Å²) in [7, 11) is 4.50. The van der Waals surface area contributed by atoms with Gasteiger partial charge in [0.15, 0.2) is 11.5 Å². The molecule has 2 aromatic carbocycles. The van der Waals surface area contributed by atoms with E-state index < -0.39 is 0 Å². The molecule has 0 aliphatic carbocycles. The van der Waals surface area contributed by atoms with Crippen LogP contribution in [0.1, 0.15) is 15.9 Å². The molecule has 3 aromatic rings. The number of nitrogens with zero attached hydrogens (tertiary/aromatic N) is 2. The summed E-state index contributed by atoms with van der Waals surface area (Å²) in [6.45, 7) is 0.722. The molecule has 0 aliphatic heterocycles. The van der Waals surface area contributed by atoms with Crippen molar-refractivity contribution in [3.63, 3.8) is 0 Å². The van der Waals surface area contributed by atoms with Crippen molar-refractivity contribution >= 4 is 27.5 Å². The Balaban J connectivity index is 1.62. The highest BCUT2D eigenvalue weighted by Gasteiger charge is 2.18. The number of methoxy groups -OCH3 is 3.